The van der Waals surface area contributed by atoms with Gasteiger partial charge >= 0.3 is 5.97 Å². The molecule has 0 spiro atoms. The van der Waals surface area contributed by atoms with Crippen LogP contribution in [0.25, 0.3) is 0 Å². The molecule has 6 nitrogen and oxygen atoms in total. The molecule has 0 fully saturated rings. The quantitative estimate of drug-likeness (QED) is 0.581. The number of aromatic nitrogens is 2. The van der Waals surface area contributed by atoms with Gasteiger partial charge in [0.15, 0.2) is 11.0 Å². The third kappa shape index (κ3) is 4.61. The summed E-state index contributed by atoms with van der Waals surface area (Å²) >= 11 is 6.30. The van der Waals surface area contributed by atoms with Gasteiger partial charge in [0.1, 0.15) is 18.5 Å². The van der Waals surface area contributed by atoms with Crippen molar-refractivity contribution < 1.29 is 13.9 Å². The monoisotopic (exact) mass is 441 g/mol. The van der Waals surface area contributed by atoms with Gasteiger partial charge in [-0.1, -0.05) is 48.0 Å². The Morgan fingerprint density at radius 1 is 1.26 bits per heavy atom. The van der Waals surface area contributed by atoms with Crippen LogP contribution in [0.2, 0.25) is 5.15 Å². The Balaban J connectivity index is 1.54. The highest BCUT2D eigenvalue weighted by atomic mass is 35.5. The third-order valence-corrected chi connectivity index (χ3v) is 5.49. The molecule has 0 saturated heterocycles. The maximum absolute atomic E-state index is 13.6. The topological polar surface area (TPSA) is 73.2 Å². The second-order valence-electron chi connectivity index (χ2n) is 7.51. The standard InChI is InChI=1S/C23H21ClFN3O3/c1-14-9-16(11-17(25)10-14)12-26-21-22(29)28-18(20(24)27-21)7-8-19(28)23(30)31-13-15-5-3-2-4-6-15/h2-6,9-11,19H,7-8,12-13H2,1H3,(H,26,27)/t19-/m0/s1. The lowest BCUT2D eigenvalue weighted by molar-refractivity contribution is -0.148. The number of benzene rings is 2. The lowest BCUT2D eigenvalue weighted by Crippen LogP contribution is -2.31. The number of hydrogen-bond donors (Lipinski definition) is 1. The van der Waals surface area contributed by atoms with Crippen LogP contribution >= 0.6 is 11.6 Å². The van der Waals surface area contributed by atoms with Crippen molar-refractivity contribution in [1.82, 2.24) is 9.55 Å². The molecule has 4 rings (SSSR count). The summed E-state index contributed by atoms with van der Waals surface area (Å²) in [5, 5.41) is 3.09. The summed E-state index contributed by atoms with van der Waals surface area (Å²) in [6.45, 7) is 2.11. The molecule has 8 heteroatoms. The van der Waals surface area contributed by atoms with Crippen LogP contribution in [0.5, 0.6) is 0 Å². The fourth-order valence-electron chi connectivity index (χ4n) is 3.77. The molecule has 0 radical (unpaired) electrons. The van der Waals surface area contributed by atoms with E-state index in [1.54, 1.807) is 6.92 Å². The lowest BCUT2D eigenvalue weighted by atomic mass is 10.1. The number of fused-ring (bicyclic) bond motifs is 1. The zero-order valence-electron chi connectivity index (χ0n) is 16.9. The van der Waals surface area contributed by atoms with Gasteiger partial charge in [0, 0.05) is 6.54 Å². The fraction of sp³-hybridized carbons (Fsp3) is 0.261. The van der Waals surface area contributed by atoms with E-state index < -0.39 is 17.6 Å². The van der Waals surface area contributed by atoms with Crippen LogP contribution < -0.4 is 10.9 Å². The van der Waals surface area contributed by atoms with Crippen LogP contribution in [0.3, 0.4) is 0 Å². The van der Waals surface area contributed by atoms with Crippen LogP contribution in [-0.2, 0) is 29.1 Å². The highest BCUT2D eigenvalue weighted by Gasteiger charge is 2.33. The van der Waals surface area contributed by atoms with Gasteiger partial charge in [-0.25, -0.2) is 14.2 Å². The minimum Gasteiger partial charge on any atom is -0.459 e. The number of carbonyl (C=O) groups excluding carboxylic acids is 1. The molecule has 0 bridgehead atoms. The van der Waals surface area contributed by atoms with Crippen molar-refractivity contribution in [3.63, 3.8) is 0 Å². The molecule has 160 valence electrons. The molecule has 0 aliphatic carbocycles. The zero-order valence-corrected chi connectivity index (χ0v) is 17.7. The number of anilines is 1. The normalized spacial score (nSPS) is 14.9. The number of nitrogens with zero attached hydrogens (tertiary/aromatic N) is 2. The second kappa shape index (κ2) is 8.89. The number of rotatable bonds is 6. The van der Waals surface area contributed by atoms with Crippen molar-refractivity contribution in [3.05, 3.63) is 92.2 Å². The second-order valence-corrected chi connectivity index (χ2v) is 7.87. The summed E-state index contributed by atoms with van der Waals surface area (Å²) in [5.74, 6) is -0.827. The highest BCUT2D eigenvalue weighted by Crippen LogP contribution is 2.30. The van der Waals surface area contributed by atoms with Crippen molar-refractivity contribution in [1.29, 1.82) is 0 Å². The van der Waals surface area contributed by atoms with E-state index in [2.05, 4.69) is 10.3 Å². The van der Waals surface area contributed by atoms with Gasteiger partial charge in [0.2, 0.25) is 0 Å². The van der Waals surface area contributed by atoms with Crippen LogP contribution in [-0.4, -0.2) is 15.5 Å². The Morgan fingerprint density at radius 3 is 2.77 bits per heavy atom. The average Bonchev–Trinajstić information content (AvgIpc) is 3.20. The molecule has 1 atom stereocenters. The summed E-state index contributed by atoms with van der Waals surface area (Å²) in [4.78, 5) is 29.9. The predicted molar refractivity (Wildman–Crippen MR) is 116 cm³/mol. The number of halogens is 2. The van der Waals surface area contributed by atoms with E-state index in [-0.39, 0.29) is 29.9 Å². The molecule has 31 heavy (non-hydrogen) atoms. The number of aryl methyl sites for hydroxylation is 1. The van der Waals surface area contributed by atoms with E-state index in [4.69, 9.17) is 16.3 Å². The number of esters is 1. The maximum atomic E-state index is 13.6. The first-order valence-electron chi connectivity index (χ1n) is 9.94. The van der Waals surface area contributed by atoms with Crippen molar-refractivity contribution in [2.45, 2.75) is 39.0 Å². The van der Waals surface area contributed by atoms with Gasteiger partial charge < -0.3 is 10.1 Å². The van der Waals surface area contributed by atoms with Gasteiger partial charge in [-0.15, -0.1) is 0 Å². The van der Waals surface area contributed by atoms with E-state index in [0.717, 1.165) is 11.1 Å². The first-order chi connectivity index (χ1) is 14.9. The van der Waals surface area contributed by atoms with Crippen molar-refractivity contribution in [2.75, 3.05) is 5.32 Å². The molecule has 0 unspecified atom stereocenters. The molecule has 3 aromatic rings. The van der Waals surface area contributed by atoms with Crippen LogP contribution in [0, 0.1) is 12.7 Å². The third-order valence-electron chi connectivity index (χ3n) is 5.18. The Labute approximate surface area is 183 Å². The number of carbonyl (C=O) groups is 1. The van der Waals surface area contributed by atoms with Gasteiger partial charge in [-0.05, 0) is 48.6 Å². The van der Waals surface area contributed by atoms with Gasteiger partial charge in [0.25, 0.3) is 5.56 Å². The highest BCUT2D eigenvalue weighted by molar-refractivity contribution is 6.30. The van der Waals surface area contributed by atoms with Crippen molar-refractivity contribution in [3.8, 4) is 0 Å². The van der Waals surface area contributed by atoms with Crippen LogP contribution in [0.15, 0.2) is 53.3 Å². The predicted octanol–water partition coefficient (Wildman–Crippen LogP) is 4.19. The zero-order chi connectivity index (χ0) is 22.0. The van der Waals surface area contributed by atoms with Crippen LogP contribution in [0.4, 0.5) is 10.2 Å². The Kier molecular flexibility index (Phi) is 6.04. The van der Waals surface area contributed by atoms with E-state index in [0.29, 0.717) is 24.1 Å². The van der Waals surface area contributed by atoms with E-state index in [9.17, 15) is 14.0 Å². The SMILES string of the molecule is Cc1cc(F)cc(CNc2nc(Cl)c3n(c2=O)[C@H](C(=O)OCc2ccccc2)CC3)c1. The molecule has 1 N–H and O–H groups in total. The average molecular weight is 442 g/mol. The maximum Gasteiger partial charge on any atom is 0.329 e. The van der Waals surface area contributed by atoms with Gasteiger partial charge in [-0.3, -0.25) is 9.36 Å². The molecular formula is C23H21ClFN3O3. The number of ether oxygens (including phenoxy) is 1. The molecule has 1 aliphatic heterocycles. The molecule has 1 aliphatic rings. The summed E-state index contributed by atoms with van der Waals surface area (Å²) in [6, 6.07) is 13.2. The minimum absolute atomic E-state index is 0.0124. The number of hydrogen-bond acceptors (Lipinski definition) is 5. The molecule has 0 saturated carbocycles. The Bertz CT molecular complexity index is 1160. The van der Waals surface area contributed by atoms with Crippen molar-refractivity contribution in [2.24, 2.45) is 0 Å². The smallest absolute Gasteiger partial charge is 0.329 e. The molecular weight excluding hydrogens is 421 g/mol. The molecule has 2 heterocycles. The Morgan fingerprint density at radius 2 is 2.03 bits per heavy atom. The van der Waals surface area contributed by atoms with E-state index in [1.165, 1.54) is 16.7 Å². The first kappa shape index (κ1) is 21.1. The summed E-state index contributed by atoms with van der Waals surface area (Å²) in [5.41, 5.74) is 2.36. The molecule has 1 aromatic heterocycles. The fourth-order valence-corrected chi connectivity index (χ4v) is 4.04. The van der Waals surface area contributed by atoms with E-state index >= 15 is 0 Å². The molecule has 2 aromatic carbocycles. The minimum atomic E-state index is -0.760. The van der Waals surface area contributed by atoms with Crippen molar-refractivity contribution >= 4 is 23.4 Å². The molecule has 0 amide bonds. The number of nitrogens with one attached hydrogen (secondary N) is 1. The van der Waals surface area contributed by atoms with E-state index in [1.807, 2.05) is 36.4 Å². The Hall–Kier alpha value is -3.19. The first-order valence-corrected chi connectivity index (χ1v) is 10.3. The van der Waals surface area contributed by atoms with Gasteiger partial charge in [-0.2, -0.15) is 0 Å². The lowest BCUT2D eigenvalue weighted by Gasteiger charge is -2.16. The van der Waals surface area contributed by atoms with Gasteiger partial charge in [0.05, 0.1) is 5.69 Å². The summed E-state index contributed by atoms with van der Waals surface area (Å²) in [7, 11) is 0. The largest absolute Gasteiger partial charge is 0.459 e. The summed E-state index contributed by atoms with van der Waals surface area (Å²) in [6.07, 6.45) is 0.867. The summed E-state index contributed by atoms with van der Waals surface area (Å²) < 4.78 is 20.4. The van der Waals surface area contributed by atoms with Crippen LogP contribution in [0.1, 0.15) is 34.8 Å².